The van der Waals surface area contributed by atoms with Crippen molar-refractivity contribution in [3.63, 3.8) is 0 Å². The lowest BCUT2D eigenvalue weighted by Gasteiger charge is -2.15. The summed E-state index contributed by atoms with van der Waals surface area (Å²) in [4.78, 5) is 0. The van der Waals surface area contributed by atoms with E-state index < -0.39 is 8.59 Å². The Kier molecular flexibility index (Phi) is 5.35. The molecule has 0 rings (SSSR count). The zero-order valence-electron chi connectivity index (χ0n) is 6.93. The molecule has 4 heteroatoms. The van der Waals surface area contributed by atoms with Gasteiger partial charge in [0, 0.05) is 12.2 Å². The molecule has 0 aromatic heterocycles. The van der Waals surface area contributed by atoms with Gasteiger partial charge in [-0.1, -0.05) is 0 Å². The van der Waals surface area contributed by atoms with Gasteiger partial charge in [-0.2, -0.15) is 0 Å². The summed E-state index contributed by atoms with van der Waals surface area (Å²) in [5.41, 5.74) is 0. The number of hydrogen-bond donors (Lipinski definition) is 0. The van der Waals surface area contributed by atoms with Crippen molar-refractivity contribution >= 4 is 19.7 Å². The fourth-order valence-corrected chi connectivity index (χ4v) is 2.61. The quantitative estimate of drug-likeness (QED) is 0.488. The predicted octanol–water partition coefficient (Wildman–Crippen LogP) is 1.79. The minimum Gasteiger partial charge on any atom is -0.383 e. The molecule has 0 saturated carbocycles. The van der Waals surface area contributed by atoms with Crippen LogP contribution in [0.1, 0.15) is 27.7 Å². The topological polar surface area (TPSA) is 18.5 Å². The maximum Gasteiger partial charge on any atom is 0.427 e. The molecule has 0 bridgehead atoms. The first-order chi connectivity index (χ1) is 4.52. The predicted molar refractivity (Wildman–Crippen MR) is 45.4 cm³/mol. The fraction of sp³-hybridized carbons (Fsp3) is 1.00. The minimum atomic E-state index is -1.85. The second kappa shape index (κ2) is 5.13. The second-order valence-electron chi connectivity index (χ2n) is 2.64. The van der Waals surface area contributed by atoms with Gasteiger partial charge in [0.05, 0.1) is 0 Å². The molecular weight excluding hydrogens is 168 g/mol. The molecule has 0 aliphatic heterocycles. The van der Waals surface area contributed by atoms with Gasteiger partial charge in [0.25, 0.3) is 0 Å². The first kappa shape index (κ1) is 10.4. The zero-order chi connectivity index (χ0) is 8.15. The highest BCUT2D eigenvalue weighted by atomic mass is 35.6. The monoisotopic (exact) mass is 182 g/mol. The highest BCUT2D eigenvalue weighted by Crippen LogP contribution is 2.02. The average molecular weight is 183 g/mol. The Morgan fingerprint density at radius 3 is 1.50 bits per heavy atom. The lowest BCUT2D eigenvalue weighted by atomic mass is 10.5. The van der Waals surface area contributed by atoms with Gasteiger partial charge in [-0.15, -0.1) is 11.1 Å². The molecule has 0 aromatic rings. The minimum absolute atomic E-state index is 0.174. The van der Waals surface area contributed by atoms with Crippen molar-refractivity contribution < 1.29 is 8.85 Å². The van der Waals surface area contributed by atoms with E-state index in [9.17, 15) is 0 Å². The largest absolute Gasteiger partial charge is 0.427 e. The summed E-state index contributed by atoms with van der Waals surface area (Å²) in [7, 11) is -1.85. The Morgan fingerprint density at radius 1 is 1.00 bits per heavy atom. The van der Waals surface area contributed by atoms with Crippen molar-refractivity contribution in [3.8, 4) is 0 Å². The summed E-state index contributed by atoms with van der Waals surface area (Å²) in [6.07, 6.45) is 0.348. The van der Waals surface area contributed by atoms with Crippen LogP contribution in [-0.4, -0.2) is 20.8 Å². The van der Waals surface area contributed by atoms with E-state index in [1.807, 2.05) is 27.7 Å². The zero-order valence-corrected chi connectivity index (χ0v) is 8.84. The van der Waals surface area contributed by atoms with Crippen LogP contribution >= 0.6 is 11.1 Å². The average Bonchev–Trinajstić information content (AvgIpc) is 1.58. The normalized spacial score (nSPS) is 12.0. The molecule has 0 heterocycles. The molecule has 0 fully saturated rings. The van der Waals surface area contributed by atoms with E-state index >= 15 is 0 Å². The van der Waals surface area contributed by atoms with Crippen LogP contribution < -0.4 is 0 Å². The summed E-state index contributed by atoms with van der Waals surface area (Å²) in [5, 5.41) is 0. The van der Waals surface area contributed by atoms with Gasteiger partial charge in [0.15, 0.2) is 0 Å². The molecule has 0 saturated heterocycles. The summed E-state index contributed by atoms with van der Waals surface area (Å²) >= 11 is 5.77. The van der Waals surface area contributed by atoms with Crippen LogP contribution in [0.5, 0.6) is 0 Å². The van der Waals surface area contributed by atoms with E-state index in [0.29, 0.717) is 0 Å². The summed E-state index contributed by atoms with van der Waals surface area (Å²) in [5.74, 6) is 0. The Morgan fingerprint density at radius 2 is 1.30 bits per heavy atom. The van der Waals surface area contributed by atoms with Crippen molar-refractivity contribution in [2.75, 3.05) is 0 Å². The van der Waals surface area contributed by atoms with Crippen molar-refractivity contribution in [2.24, 2.45) is 0 Å². The van der Waals surface area contributed by atoms with Crippen LogP contribution in [0.4, 0.5) is 0 Å². The molecule has 10 heavy (non-hydrogen) atoms. The molecule has 0 radical (unpaired) electrons. The molecule has 0 unspecified atom stereocenters. The fourth-order valence-electron chi connectivity index (χ4n) is 0.460. The Balaban J connectivity index is 3.34. The van der Waals surface area contributed by atoms with Crippen LogP contribution in [0, 0.1) is 0 Å². The van der Waals surface area contributed by atoms with Crippen LogP contribution in [0.15, 0.2) is 0 Å². The number of hydrogen-bond acceptors (Lipinski definition) is 2. The maximum absolute atomic E-state index is 5.77. The van der Waals surface area contributed by atoms with Gasteiger partial charge >= 0.3 is 8.59 Å². The van der Waals surface area contributed by atoms with E-state index in [1.54, 1.807) is 0 Å². The van der Waals surface area contributed by atoms with Gasteiger partial charge in [0.2, 0.25) is 0 Å². The molecule has 0 aliphatic rings. The SMILES string of the molecule is CC(C)O[SiH](Cl)OC(C)C. The Hall–Kier alpha value is 0.427. The highest BCUT2D eigenvalue weighted by molar-refractivity contribution is 6.99. The van der Waals surface area contributed by atoms with E-state index in [4.69, 9.17) is 19.9 Å². The third-order valence-electron chi connectivity index (χ3n) is 0.758. The van der Waals surface area contributed by atoms with Crippen molar-refractivity contribution in [1.82, 2.24) is 0 Å². The van der Waals surface area contributed by atoms with Crippen molar-refractivity contribution in [1.29, 1.82) is 0 Å². The molecule has 0 atom stereocenters. The Labute approximate surface area is 69.0 Å². The van der Waals surface area contributed by atoms with Gasteiger partial charge in [0.1, 0.15) is 0 Å². The first-order valence-corrected chi connectivity index (χ1v) is 6.16. The van der Waals surface area contributed by atoms with Gasteiger partial charge in [-0.05, 0) is 27.7 Å². The molecule has 0 N–H and O–H groups in total. The van der Waals surface area contributed by atoms with Crippen LogP contribution in [0.25, 0.3) is 0 Å². The summed E-state index contributed by atoms with van der Waals surface area (Å²) in [6.45, 7) is 7.80. The summed E-state index contributed by atoms with van der Waals surface area (Å²) in [6, 6.07) is 0. The van der Waals surface area contributed by atoms with Crippen LogP contribution in [0.2, 0.25) is 0 Å². The second-order valence-corrected chi connectivity index (χ2v) is 4.81. The third-order valence-corrected chi connectivity index (χ3v) is 2.89. The van der Waals surface area contributed by atoms with Crippen molar-refractivity contribution in [3.05, 3.63) is 0 Å². The van der Waals surface area contributed by atoms with Gasteiger partial charge < -0.3 is 8.85 Å². The van der Waals surface area contributed by atoms with E-state index in [-0.39, 0.29) is 12.2 Å². The molecule has 0 aliphatic carbocycles. The lowest BCUT2D eigenvalue weighted by Crippen LogP contribution is -2.23. The van der Waals surface area contributed by atoms with E-state index in [1.165, 1.54) is 0 Å². The molecular formula is C6H15ClO2Si. The lowest BCUT2D eigenvalue weighted by molar-refractivity contribution is 0.144. The van der Waals surface area contributed by atoms with E-state index in [0.717, 1.165) is 0 Å². The smallest absolute Gasteiger partial charge is 0.383 e. The van der Waals surface area contributed by atoms with Crippen LogP contribution in [0.3, 0.4) is 0 Å². The maximum atomic E-state index is 5.77. The van der Waals surface area contributed by atoms with E-state index in [2.05, 4.69) is 0 Å². The first-order valence-electron chi connectivity index (χ1n) is 3.47. The number of rotatable bonds is 4. The Bertz CT molecular complexity index is 77.8. The molecule has 2 nitrogen and oxygen atoms in total. The van der Waals surface area contributed by atoms with Crippen LogP contribution in [-0.2, 0) is 8.85 Å². The van der Waals surface area contributed by atoms with Crippen molar-refractivity contribution in [2.45, 2.75) is 39.9 Å². The summed E-state index contributed by atoms with van der Waals surface area (Å²) < 4.78 is 10.5. The highest BCUT2D eigenvalue weighted by Gasteiger charge is 2.12. The molecule has 0 amide bonds. The standard InChI is InChI=1S/C6H15ClO2Si/c1-5(2)8-10(7)9-6(3)4/h5-6,10H,1-4H3. The number of halogens is 1. The molecule has 62 valence electrons. The molecule has 0 spiro atoms. The van der Waals surface area contributed by atoms with Gasteiger partial charge in [-0.3, -0.25) is 0 Å². The molecule has 0 aromatic carbocycles. The van der Waals surface area contributed by atoms with Gasteiger partial charge in [-0.25, -0.2) is 0 Å². The third kappa shape index (κ3) is 6.55.